The van der Waals surface area contributed by atoms with Gasteiger partial charge in [0.25, 0.3) is 0 Å². The van der Waals surface area contributed by atoms with Crippen LogP contribution in [0.3, 0.4) is 0 Å². The number of unbranched alkanes of at least 4 members (excludes halogenated alkanes) is 8. The van der Waals surface area contributed by atoms with Gasteiger partial charge < -0.3 is 9.64 Å². The molecule has 1 heterocycles. The molecule has 1 aromatic rings. The fraction of sp³-hybridized carbons (Fsp3) is 0.500. The molecular formula is C28H38N2O2. The van der Waals surface area contributed by atoms with Gasteiger partial charge in [0.05, 0.1) is 6.61 Å². The minimum Gasteiger partial charge on any atom is -0.462 e. The van der Waals surface area contributed by atoms with Crippen molar-refractivity contribution in [2.24, 2.45) is 0 Å². The maximum Gasteiger partial charge on any atom is 0.349 e. The molecule has 1 aliphatic rings. The molecule has 0 bridgehead atoms. The first-order valence-corrected chi connectivity index (χ1v) is 12.2. The SMILES string of the molecule is CCCCCCCCCCc1ccc(N2C=CC(=C(C#N)C(=O)OCCCC)C=C2)cc1. The molecule has 32 heavy (non-hydrogen) atoms. The summed E-state index contributed by atoms with van der Waals surface area (Å²) in [6.07, 6.45) is 20.9. The Balaban J connectivity index is 1.81. The first-order chi connectivity index (χ1) is 15.7. The van der Waals surface area contributed by atoms with Crippen LogP contribution in [-0.2, 0) is 16.0 Å². The van der Waals surface area contributed by atoms with Crippen LogP contribution in [-0.4, -0.2) is 12.6 Å². The van der Waals surface area contributed by atoms with Crippen LogP contribution >= 0.6 is 0 Å². The third-order valence-corrected chi connectivity index (χ3v) is 5.72. The molecule has 0 atom stereocenters. The molecule has 0 unspecified atom stereocenters. The van der Waals surface area contributed by atoms with Crippen LogP contribution in [0.5, 0.6) is 0 Å². The molecule has 4 nitrogen and oxygen atoms in total. The topological polar surface area (TPSA) is 53.3 Å². The van der Waals surface area contributed by atoms with Crippen molar-refractivity contribution in [1.29, 1.82) is 5.26 Å². The lowest BCUT2D eigenvalue weighted by molar-refractivity contribution is -0.138. The standard InChI is InChI=1S/C28H38N2O2/c1-3-5-7-8-9-10-11-12-13-24-14-16-26(17-15-24)30-20-18-25(19-21-30)27(23-29)28(31)32-22-6-4-2/h14-21H,3-13,22H2,1-2H3. The average Bonchev–Trinajstić information content (AvgIpc) is 2.82. The van der Waals surface area contributed by atoms with Gasteiger partial charge in [-0.05, 0) is 49.1 Å². The number of allylic oxidation sites excluding steroid dienone is 3. The number of carbonyl (C=O) groups is 1. The van der Waals surface area contributed by atoms with Crippen molar-refractivity contribution < 1.29 is 9.53 Å². The molecule has 0 saturated heterocycles. The Morgan fingerprint density at radius 1 is 0.875 bits per heavy atom. The third-order valence-electron chi connectivity index (χ3n) is 5.72. The first kappa shape index (κ1) is 25.5. The second kappa shape index (κ2) is 15.1. The van der Waals surface area contributed by atoms with Gasteiger partial charge in [-0.15, -0.1) is 0 Å². The highest BCUT2D eigenvalue weighted by Gasteiger charge is 2.16. The van der Waals surface area contributed by atoms with E-state index >= 15 is 0 Å². The summed E-state index contributed by atoms with van der Waals surface area (Å²) in [5, 5.41) is 9.38. The van der Waals surface area contributed by atoms with Crippen LogP contribution in [0.4, 0.5) is 5.69 Å². The van der Waals surface area contributed by atoms with Gasteiger partial charge in [-0.2, -0.15) is 5.26 Å². The van der Waals surface area contributed by atoms with E-state index in [9.17, 15) is 10.1 Å². The molecule has 0 fully saturated rings. The number of anilines is 1. The molecular weight excluding hydrogens is 396 g/mol. The van der Waals surface area contributed by atoms with Gasteiger partial charge in [-0.3, -0.25) is 0 Å². The summed E-state index contributed by atoms with van der Waals surface area (Å²) in [6.45, 7) is 4.64. The van der Waals surface area contributed by atoms with Gasteiger partial charge in [-0.25, -0.2) is 4.79 Å². The van der Waals surface area contributed by atoms with Crippen LogP contribution in [0.15, 0.2) is 60.0 Å². The van der Waals surface area contributed by atoms with E-state index in [4.69, 9.17) is 4.74 Å². The fourth-order valence-electron chi connectivity index (χ4n) is 3.67. The minimum atomic E-state index is -0.552. The number of nitrogens with zero attached hydrogens (tertiary/aromatic N) is 2. The Bertz CT molecular complexity index is 812. The van der Waals surface area contributed by atoms with Crippen molar-refractivity contribution >= 4 is 11.7 Å². The van der Waals surface area contributed by atoms with Crippen molar-refractivity contribution in [3.63, 3.8) is 0 Å². The lowest BCUT2D eigenvalue weighted by Gasteiger charge is -2.19. The van der Waals surface area contributed by atoms with Gasteiger partial charge in [-0.1, -0.05) is 77.3 Å². The van der Waals surface area contributed by atoms with E-state index in [1.54, 1.807) is 12.2 Å². The number of nitriles is 1. The second-order valence-electron chi connectivity index (χ2n) is 8.36. The highest BCUT2D eigenvalue weighted by molar-refractivity contribution is 5.95. The summed E-state index contributed by atoms with van der Waals surface area (Å²) in [5.41, 5.74) is 3.05. The average molecular weight is 435 g/mol. The van der Waals surface area contributed by atoms with Crippen molar-refractivity contribution in [3.8, 4) is 6.07 Å². The van der Waals surface area contributed by atoms with Gasteiger partial charge in [0.1, 0.15) is 11.6 Å². The van der Waals surface area contributed by atoms with E-state index in [1.165, 1.54) is 56.9 Å². The lowest BCUT2D eigenvalue weighted by Crippen LogP contribution is -2.13. The number of aryl methyl sites for hydroxylation is 1. The second-order valence-corrected chi connectivity index (χ2v) is 8.36. The van der Waals surface area contributed by atoms with Crippen LogP contribution in [0, 0.1) is 11.3 Å². The maximum absolute atomic E-state index is 12.1. The molecule has 0 aliphatic carbocycles. The number of rotatable bonds is 14. The largest absolute Gasteiger partial charge is 0.462 e. The Kier molecular flexibility index (Phi) is 12.0. The van der Waals surface area contributed by atoms with E-state index < -0.39 is 5.97 Å². The molecule has 1 aliphatic heterocycles. The van der Waals surface area contributed by atoms with Crippen molar-refractivity contribution in [2.45, 2.75) is 84.5 Å². The lowest BCUT2D eigenvalue weighted by atomic mass is 10.0. The van der Waals surface area contributed by atoms with Crippen molar-refractivity contribution in [1.82, 2.24) is 0 Å². The zero-order valence-electron chi connectivity index (χ0n) is 19.8. The van der Waals surface area contributed by atoms with Crippen LogP contribution in [0.2, 0.25) is 0 Å². The predicted molar refractivity (Wildman–Crippen MR) is 132 cm³/mol. The summed E-state index contributed by atoms with van der Waals surface area (Å²) >= 11 is 0. The zero-order chi connectivity index (χ0) is 23.0. The summed E-state index contributed by atoms with van der Waals surface area (Å²) in [4.78, 5) is 14.1. The molecule has 0 spiro atoms. The zero-order valence-corrected chi connectivity index (χ0v) is 19.8. The first-order valence-electron chi connectivity index (χ1n) is 12.2. The van der Waals surface area contributed by atoms with Crippen LogP contribution in [0.25, 0.3) is 0 Å². The number of hydrogen-bond donors (Lipinski definition) is 0. The van der Waals surface area contributed by atoms with E-state index in [0.29, 0.717) is 12.2 Å². The molecule has 172 valence electrons. The Hall–Kier alpha value is -2.80. The number of esters is 1. The van der Waals surface area contributed by atoms with E-state index in [1.807, 2.05) is 30.3 Å². The smallest absolute Gasteiger partial charge is 0.349 e. The number of benzene rings is 1. The van der Waals surface area contributed by atoms with E-state index in [2.05, 4.69) is 31.2 Å². The quantitative estimate of drug-likeness (QED) is 0.133. The molecule has 0 amide bonds. The number of carbonyl (C=O) groups excluding carboxylic acids is 1. The summed E-state index contributed by atoms with van der Waals surface area (Å²) in [6, 6.07) is 10.6. The van der Waals surface area contributed by atoms with Crippen LogP contribution < -0.4 is 4.90 Å². The Labute approximate surface area is 194 Å². The summed E-state index contributed by atoms with van der Waals surface area (Å²) in [7, 11) is 0. The highest BCUT2D eigenvalue weighted by Crippen LogP contribution is 2.23. The molecule has 1 aromatic carbocycles. The van der Waals surface area contributed by atoms with E-state index in [-0.39, 0.29) is 5.57 Å². The fourth-order valence-corrected chi connectivity index (χ4v) is 3.67. The Morgan fingerprint density at radius 2 is 1.47 bits per heavy atom. The van der Waals surface area contributed by atoms with Crippen LogP contribution in [0.1, 0.15) is 83.6 Å². The number of ether oxygens (including phenoxy) is 1. The molecule has 0 radical (unpaired) electrons. The summed E-state index contributed by atoms with van der Waals surface area (Å²) < 4.78 is 5.18. The number of hydrogen-bond acceptors (Lipinski definition) is 4. The maximum atomic E-state index is 12.1. The summed E-state index contributed by atoms with van der Waals surface area (Å²) in [5.74, 6) is -0.552. The molecule has 4 heteroatoms. The van der Waals surface area contributed by atoms with E-state index in [0.717, 1.165) is 24.9 Å². The van der Waals surface area contributed by atoms with Gasteiger partial charge in [0.15, 0.2) is 0 Å². The molecule has 2 rings (SSSR count). The molecule has 0 saturated carbocycles. The minimum absolute atomic E-state index is 0.0500. The normalized spacial score (nSPS) is 12.7. The van der Waals surface area contributed by atoms with Gasteiger partial charge in [0.2, 0.25) is 0 Å². The molecule has 0 N–H and O–H groups in total. The third kappa shape index (κ3) is 8.75. The molecule has 0 aromatic heterocycles. The van der Waals surface area contributed by atoms with Crippen molar-refractivity contribution in [2.75, 3.05) is 11.5 Å². The monoisotopic (exact) mass is 434 g/mol. The van der Waals surface area contributed by atoms with Crippen molar-refractivity contribution in [3.05, 3.63) is 65.5 Å². The van der Waals surface area contributed by atoms with Gasteiger partial charge >= 0.3 is 5.97 Å². The van der Waals surface area contributed by atoms with Gasteiger partial charge in [0, 0.05) is 23.7 Å². The highest BCUT2D eigenvalue weighted by atomic mass is 16.5. The Morgan fingerprint density at radius 3 is 2.06 bits per heavy atom. The predicted octanol–water partition coefficient (Wildman–Crippen LogP) is 7.38.